The SMILES string of the molecule is Nc1ccccc1N1C(=O)C=CC1=O.O=[N+]([O-])c1cccc([N+](=O)[O-])c1. The first kappa shape index (κ1) is 18.3. The zero-order valence-corrected chi connectivity index (χ0v) is 13.1. The largest absolute Gasteiger partial charge is 0.397 e. The number of hydrogen-bond donors (Lipinski definition) is 1. The van der Waals surface area contributed by atoms with Gasteiger partial charge in [0.05, 0.1) is 27.3 Å². The number of non-ortho nitro benzene ring substituents is 2. The average molecular weight is 356 g/mol. The van der Waals surface area contributed by atoms with Crippen molar-refractivity contribution in [3.05, 3.63) is 80.9 Å². The fourth-order valence-electron chi connectivity index (χ4n) is 2.05. The molecule has 0 fully saturated rings. The van der Waals surface area contributed by atoms with E-state index in [2.05, 4.69) is 0 Å². The standard InChI is InChI=1S/C10H8N2O2.C6H4N2O4/c11-7-3-1-2-4-8(7)12-9(13)5-6-10(12)14;9-7(10)5-2-1-3-6(4-5)8(11)12/h1-6H,11H2;1-4H. The maximum absolute atomic E-state index is 11.3. The Bertz CT molecular complexity index is 877. The normalized spacial score (nSPS) is 12.5. The van der Waals surface area contributed by atoms with Crippen LogP contribution >= 0.6 is 0 Å². The molecule has 10 nitrogen and oxygen atoms in total. The summed E-state index contributed by atoms with van der Waals surface area (Å²) in [6, 6.07) is 11.4. The molecule has 2 amide bonds. The minimum atomic E-state index is -0.674. The summed E-state index contributed by atoms with van der Waals surface area (Å²) in [4.78, 5) is 42.6. The van der Waals surface area contributed by atoms with Crippen LogP contribution in [-0.4, -0.2) is 21.7 Å². The minimum Gasteiger partial charge on any atom is -0.397 e. The summed E-state index contributed by atoms with van der Waals surface area (Å²) in [5.41, 5.74) is 5.96. The van der Waals surface area contributed by atoms with Gasteiger partial charge in [0, 0.05) is 24.3 Å². The molecule has 2 N–H and O–H groups in total. The maximum Gasteiger partial charge on any atom is 0.276 e. The van der Waals surface area contributed by atoms with Crippen LogP contribution in [0, 0.1) is 20.2 Å². The highest BCUT2D eigenvalue weighted by Gasteiger charge is 2.26. The molecule has 3 rings (SSSR count). The molecule has 2 aromatic carbocycles. The van der Waals surface area contributed by atoms with Gasteiger partial charge in [-0.3, -0.25) is 29.8 Å². The Labute approximate surface area is 146 Å². The van der Waals surface area contributed by atoms with Crippen LogP contribution in [0.25, 0.3) is 0 Å². The van der Waals surface area contributed by atoms with Gasteiger partial charge in [0.15, 0.2) is 0 Å². The zero-order valence-electron chi connectivity index (χ0n) is 13.1. The number of hydrogen-bond acceptors (Lipinski definition) is 7. The van der Waals surface area contributed by atoms with E-state index in [4.69, 9.17) is 5.73 Å². The number of carbonyl (C=O) groups is 2. The van der Waals surface area contributed by atoms with Crippen molar-refractivity contribution in [2.75, 3.05) is 10.6 Å². The Hall–Kier alpha value is -4.08. The summed E-state index contributed by atoms with van der Waals surface area (Å²) >= 11 is 0. The third-order valence-corrected chi connectivity index (χ3v) is 3.24. The van der Waals surface area contributed by atoms with Gasteiger partial charge in [-0.2, -0.15) is 0 Å². The van der Waals surface area contributed by atoms with Gasteiger partial charge in [0.1, 0.15) is 0 Å². The molecule has 26 heavy (non-hydrogen) atoms. The second kappa shape index (κ2) is 7.66. The topological polar surface area (TPSA) is 150 Å². The Kier molecular flexibility index (Phi) is 5.38. The summed E-state index contributed by atoms with van der Waals surface area (Å²) in [5, 5.41) is 20.3. The Balaban J connectivity index is 0.000000190. The molecule has 0 saturated carbocycles. The number of nitrogens with zero attached hydrogens (tertiary/aromatic N) is 3. The molecule has 0 atom stereocenters. The molecule has 0 bridgehead atoms. The molecule has 0 saturated heterocycles. The third kappa shape index (κ3) is 4.06. The number of amides is 2. The second-order valence-corrected chi connectivity index (χ2v) is 4.94. The van der Waals surface area contributed by atoms with Gasteiger partial charge in [0.25, 0.3) is 23.2 Å². The molecule has 1 heterocycles. The van der Waals surface area contributed by atoms with Crippen LogP contribution in [0.2, 0.25) is 0 Å². The van der Waals surface area contributed by atoms with E-state index < -0.39 is 9.85 Å². The van der Waals surface area contributed by atoms with Crippen molar-refractivity contribution in [2.24, 2.45) is 0 Å². The van der Waals surface area contributed by atoms with Gasteiger partial charge in [-0.1, -0.05) is 12.1 Å². The van der Waals surface area contributed by atoms with E-state index in [-0.39, 0.29) is 23.2 Å². The Morgan fingerprint density at radius 3 is 1.77 bits per heavy atom. The van der Waals surface area contributed by atoms with Crippen LogP contribution in [0.4, 0.5) is 22.7 Å². The minimum absolute atomic E-state index is 0.274. The van der Waals surface area contributed by atoms with Crippen molar-refractivity contribution >= 4 is 34.6 Å². The number of imide groups is 1. The van der Waals surface area contributed by atoms with Crippen molar-refractivity contribution in [1.82, 2.24) is 0 Å². The van der Waals surface area contributed by atoms with Crippen molar-refractivity contribution in [3.8, 4) is 0 Å². The number of rotatable bonds is 3. The summed E-state index contributed by atoms with van der Waals surface area (Å²) in [6.07, 6.45) is 2.46. The van der Waals surface area contributed by atoms with Gasteiger partial charge < -0.3 is 5.73 Å². The maximum atomic E-state index is 11.3. The van der Waals surface area contributed by atoms with Gasteiger partial charge in [-0.25, -0.2) is 4.90 Å². The predicted octanol–water partition coefficient (Wildman–Crippen LogP) is 2.20. The zero-order chi connectivity index (χ0) is 19.3. The fourth-order valence-corrected chi connectivity index (χ4v) is 2.05. The Morgan fingerprint density at radius 1 is 0.808 bits per heavy atom. The van der Waals surface area contributed by atoms with Crippen molar-refractivity contribution < 1.29 is 19.4 Å². The number of nitro groups is 2. The Morgan fingerprint density at radius 2 is 1.31 bits per heavy atom. The van der Waals surface area contributed by atoms with Crippen molar-refractivity contribution in [2.45, 2.75) is 0 Å². The van der Waals surface area contributed by atoms with Crippen LogP contribution in [0.15, 0.2) is 60.7 Å². The third-order valence-electron chi connectivity index (χ3n) is 3.24. The summed E-state index contributed by atoms with van der Waals surface area (Å²) in [5.74, 6) is -0.708. The monoisotopic (exact) mass is 356 g/mol. The molecular weight excluding hydrogens is 344 g/mol. The van der Waals surface area contributed by atoms with E-state index in [9.17, 15) is 29.8 Å². The molecule has 0 radical (unpaired) electrons. The quantitative estimate of drug-likeness (QED) is 0.383. The van der Waals surface area contributed by atoms with Crippen molar-refractivity contribution in [3.63, 3.8) is 0 Å². The number of nitrogen functional groups attached to an aromatic ring is 1. The molecule has 0 spiro atoms. The highest BCUT2D eigenvalue weighted by molar-refractivity contribution is 6.29. The molecule has 2 aromatic rings. The lowest BCUT2D eigenvalue weighted by Gasteiger charge is -2.15. The second-order valence-electron chi connectivity index (χ2n) is 4.94. The van der Waals surface area contributed by atoms with E-state index in [1.54, 1.807) is 24.3 Å². The lowest BCUT2D eigenvalue weighted by Crippen LogP contribution is -2.30. The number of benzene rings is 2. The molecule has 0 aliphatic carbocycles. The molecule has 10 heteroatoms. The van der Waals surface area contributed by atoms with Crippen molar-refractivity contribution in [1.29, 1.82) is 0 Å². The van der Waals surface area contributed by atoms with E-state index in [0.717, 1.165) is 11.0 Å². The van der Waals surface area contributed by atoms with Gasteiger partial charge in [-0.15, -0.1) is 0 Å². The van der Waals surface area contributed by atoms with Crippen LogP contribution in [0.5, 0.6) is 0 Å². The molecule has 0 unspecified atom stereocenters. The number of para-hydroxylation sites is 2. The van der Waals surface area contributed by atoms with Crippen LogP contribution in [0.3, 0.4) is 0 Å². The average Bonchev–Trinajstić information content (AvgIpc) is 2.95. The van der Waals surface area contributed by atoms with Gasteiger partial charge in [0.2, 0.25) is 0 Å². The van der Waals surface area contributed by atoms with E-state index >= 15 is 0 Å². The lowest BCUT2D eigenvalue weighted by molar-refractivity contribution is -0.394. The van der Waals surface area contributed by atoms with Crippen LogP contribution in [0.1, 0.15) is 0 Å². The summed E-state index contributed by atoms with van der Waals surface area (Å²) in [7, 11) is 0. The number of nitro benzene ring substituents is 2. The lowest BCUT2D eigenvalue weighted by atomic mass is 10.2. The molecular formula is C16H12N4O6. The predicted molar refractivity (Wildman–Crippen MR) is 92.2 cm³/mol. The molecule has 132 valence electrons. The van der Waals surface area contributed by atoms with E-state index in [1.807, 2.05) is 0 Å². The van der Waals surface area contributed by atoms with Gasteiger partial charge >= 0.3 is 0 Å². The van der Waals surface area contributed by atoms with Crippen LogP contribution < -0.4 is 10.6 Å². The highest BCUT2D eigenvalue weighted by atomic mass is 16.6. The van der Waals surface area contributed by atoms with Crippen LogP contribution in [-0.2, 0) is 9.59 Å². The summed E-state index contributed by atoms with van der Waals surface area (Å²) < 4.78 is 0. The molecule has 1 aliphatic rings. The number of carbonyl (C=O) groups excluding carboxylic acids is 2. The molecule has 0 aromatic heterocycles. The molecule has 1 aliphatic heterocycles. The summed E-state index contributed by atoms with van der Waals surface area (Å²) in [6.45, 7) is 0. The van der Waals surface area contributed by atoms with E-state index in [0.29, 0.717) is 11.4 Å². The number of anilines is 2. The van der Waals surface area contributed by atoms with E-state index in [1.165, 1.54) is 30.4 Å². The highest BCUT2D eigenvalue weighted by Crippen LogP contribution is 2.25. The first-order valence-corrected chi connectivity index (χ1v) is 7.10. The fraction of sp³-hybridized carbons (Fsp3) is 0. The van der Waals surface area contributed by atoms with Gasteiger partial charge in [-0.05, 0) is 18.2 Å². The first-order valence-electron chi connectivity index (χ1n) is 7.10. The smallest absolute Gasteiger partial charge is 0.276 e. The number of nitrogens with two attached hydrogens (primary N) is 1. The first-order chi connectivity index (χ1) is 12.3.